The zero-order valence-corrected chi connectivity index (χ0v) is 10.3. The van der Waals surface area contributed by atoms with E-state index < -0.39 is 0 Å². The minimum atomic E-state index is -0.177. The molecule has 3 nitrogen and oxygen atoms in total. The number of primary amides is 1. The van der Waals surface area contributed by atoms with Gasteiger partial charge in [0.2, 0.25) is 5.91 Å². The highest BCUT2D eigenvalue weighted by atomic mass is 16.1. The van der Waals surface area contributed by atoms with Crippen molar-refractivity contribution in [1.82, 2.24) is 5.32 Å². The van der Waals surface area contributed by atoms with Crippen LogP contribution in [0.5, 0.6) is 0 Å². The van der Waals surface area contributed by atoms with Crippen molar-refractivity contribution in [3.63, 3.8) is 0 Å². The van der Waals surface area contributed by atoms with E-state index in [1.54, 1.807) is 0 Å². The molecule has 3 N–H and O–H groups in total. The summed E-state index contributed by atoms with van der Waals surface area (Å²) in [6, 6.07) is 0. The standard InChI is InChI=1S/C13H26N2O/c14-13(16)9-5-6-10-15-11-12-7-3-1-2-4-8-12/h12,15H,1-11H2,(H2,14,16). The molecule has 0 unspecified atom stereocenters. The maximum Gasteiger partial charge on any atom is 0.217 e. The molecule has 1 fully saturated rings. The Labute approximate surface area is 99.2 Å². The Bertz CT molecular complexity index is 186. The fourth-order valence-electron chi connectivity index (χ4n) is 2.42. The van der Waals surface area contributed by atoms with Gasteiger partial charge >= 0.3 is 0 Å². The van der Waals surface area contributed by atoms with Gasteiger partial charge in [-0.2, -0.15) is 0 Å². The van der Waals surface area contributed by atoms with Crippen LogP contribution in [0.3, 0.4) is 0 Å². The largest absolute Gasteiger partial charge is 0.370 e. The predicted molar refractivity (Wildman–Crippen MR) is 67.1 cm³/mol. The zero-order chi connectivity index (χ0) is 11.6. The van der Waals surface area contributed by atoms with E-state index in [0.29, 0.717) is 6.42 Å². The first-order valence-electron chi connectivity index (χ1n) is 6.78. The normalized spacial score (nSPS) is 18.2. The second-order valence-corrected chi connectivity index (χ2v) is 4.99. The molecule has 94 valence electrons. The molecule has 0 aromatic heterocycles. The summed E-state index contributed by atoms with van der Waals surface area (Å²) in [5.74, 6) is 0.711. The van der Waals surface area contributed by atoms with Crippen LogP contribution in [0.2, 0.25) is 0 Å². The van der Waals surface area contributed by atoms with Gasteiger partial charge in [-0.3, -0.25) is 4.79 Å². The lowest BCUT2D eigenvalue weighted by molar-refractivity contribution is -0.118. The summed E-state index contributed by atoms with van der Waals surface area (Å²) in [5.41, 5.74) is 5.08. The van der Waals surface area contributed by atoms with Crippen LogP contribution in [0.4, 0.5) is 0 Å². The highest BCUT2D eigenvalue weighted by Gasteiger charge is 2.11. The van der Waals surface area contributed by atoms with Crippen molar-refractivity contribution in [3.05, 3.63) is 0 Å². The number of hydrogen-bond donors (Lipinski definition) is 2. The molecule has 16 heavy (non-hydrogen) atoms. The van der Waals surface area contributed by atoms with Gasteiger partial charge in [0.05, 0.1) is 0 Å². The van der Waals surface area contributed by atoms with Gasteiger partial charge in [0.1, 0.15) is 0 Å². The molecule has 0 bridgehead atoms. The summed E-state index contributed by atoms with van der Waals surface area (Å²) in [6.07, 6.45) is 11.0. The molecule has 0 aromatic carbocycles. The molecular weight excluding hydrogens is 200 g/mol. The minimum Gasteiger partial charge on any atom is -0.370 e. The number of carbonyl (C=O) groups excluding carboxylic acids is 1. The molecular formula is C13H26N2O. The summed E-state index contributed by atoms with van der Waals surface area (Å²) in [5, 5.41) is 3.50. The molecule has 1 amide bonds. The first-order valence-corrected chi connectivity index (χ1v) is 6.78. The van der Waals surface area contributed by atoms with Crippen molar-refractivity contribution in [2.75, 3.05) is 13.1 Å². The predicted octanol–water partition coefficient (Wildman–Crippen LogP) is 2.20. The molecule has 3 heteroatoms. The summed E-state index contributed by atoms with van der Waals surface area (Å²) < 4.78 is 0. The van der Waals surface area contributed by atoms with E-state index in [2.05, 4.69) is 5.32 Å². The fourth-order valence-corrected chi connectivity index (χ4v) is 2.42. The summed E-state index contributed by atoms with van der Waals surface area (Å²) in [6.45, 7) is 2.19. The van der Waals surface area contributed by atoms with E-state index in [0.717, 1.165) is 31.8 Å². The Balaban J connectivity index is 1.91. The molecule has 1 rings (SSSR count). The number of amides is 1. The lowest BCUT2D eigenvalue weighted by Gasteiger charge is -2.14. The van der Waals surface area contributed by atoms with Crippen LogP contribution in [0, 0.1) is 5.92 Å². The second-order valence-electron chi connectivity index (χ2n) is 4.99. The molecule has 0 atom stereocenters. The van der Waals surface area contributed by atoms with Crippen LogP contribution < -0.4 is 11.1 Å². The molecule has 0 aliphatic heterocycles. The molecule has 1 saturated carbocycles. The van der Waals surface area contributed by atoms with Gasteiger partial charge in [-0.1, -0.05) is 25.7 Å². The molecule has 0 aromatic rings. The van der Waals surface area contributed by atoms with Crippen molar-refractivity contribution in [2.45, 2.75) is 57.8 Å². The van der Waals surface area contributed by atoms with Crippen molar-refractivity contribution < 1.29 is 4.79 Å². The highest BCUT2D eigenvalue weighted by Crippen LogP contribution is 2.21. The minimum absolute atomic E-state index is 0.177. The lowest BCUT2D eigenvalue weighted by Crippen LogP contribution is -2.24. The third-order valence-corrected chi connectivity index (χ3v) is 3.43. The molecule has 0 spiro atoms. The van der Waals surface area contributed by atoms with Crippen LogP contribution in [0.15, 0.2) is 0 Å². The van der Waals surface area contributed by atoms with Gasteiger partial charge < -0.3 is 11.1 Å². The van der Waals surface area contributed by atoms with E-state index >= 15 is 0 Å². The Morgan fingerprint density at radius 3 is 2.44 bits per heavy atom. The van der Waals surface area contributed by atoms with Crippen molar-refractivity contribution in [3.8, 4) is 0 Å². The van der Waals surface area contributed by atoms with Crippen molar-refractivity contribution in [2.24, 2.45) is 11.7 Å². The van der Waals surface area contributed by atoms with Gasteiger partial charge in [0.15, 0.2) is 0 Å². The number of hydrogen-bond acceptors (Lipinski definition) is 2. The molecule has 0 heterocycles. The van der Waals surface area contributed by atoms with Gasteiger partial charge in [-0.15, -0.1) is 0 Å². The Kier molecular flexibility index (Phi) is 7.23. The molecule has 0 saturated heterocycles. The second kappa shape index (κ2) is 8.57. The topological polar surface area (TPSA) is 55.1 Å². The average Bonchev–Trinajstić information content (AvgIpc) is 2.51. The smallest absolute Gasteiger partial charge is 0.217 e. The quantitative estimate of drug-likeness (QED) is 0.516. The molecule has 1 aliphatic rings. The maximum atomic E-state index is 10.5. The molecule has 0 radical (unpaired) electrons. The monoisotopic (exact) mass is 226 g/mol. The van der Waals surface area contributed by atoms with Crippen LogP contribution >= 0.6 is 0 Å². The summed E-state index contributed by atoms with van der Waals surface area (Å²) in [7, 11) is 0. The van der Waals surface area contributed by atoms with E-state index in [1.807, 2.05) is 0 Å². The van der Waals surface area contributed by atoms with E-state index in [1.165, 1.54) is 38.5 Å². The fraction of sp³-hybridized carbons (Fsp3) is 0.923. The van der Waals surface area contributed by atoms with E-state index in [9.17, 15) is 4.79 Å². The average molecular weight is 226 g/mol. The van der Waals surface area contributed by atoms with Crippen molar-refractivity contribution >= 4 is 5.91 Å². The first kappa shape index (κ1) is 13.5. The first-order chi connectivity index (χ1) is 7.79. The Hall–Kier alpha value is -0.570. The highest BCUT2D eigenvalue weighted by molar-refractivity contribution is 5.73. The van der Waals surface area contributed by atoms with Crippen LogP contribution in [0.1, 0.15) is 57.8 Å². The number of unbranched alkanes of at least 4 members (excludes halogenated alkanes) is 1. The van der Waals surface area contributed by atoms with E-state index in [-0.39, 0.29) is 5.91 Å². The summed E-state index contributed by atoms with van der Waals surface area (Å²) >= 11 is 0. The zero-order valence-electron chi connectivity index (χ0n) is 10.3. The van der Waals surface area contributed by atoms with Gasteiger partial charge in [0, 0.05) is 6.42 Å². The maximum absolute atomic E-state index is 10.5. The third-order valence-electron chi connectivity index (χ3n) is 3.43. The number of nitrogens with two attached hydrogens (primary N) is 1. The van der Waals surface area contributed by atoms with Crippen molar-refractivity contribution in [1.29, 1.82) is 0 Å². The van der Waals surface area contributed by atoms with Gasteiger partial charge in [-0.25, -0.2) is 0 Å². The van der Waals surface area contributed by atoms with Crippen LogP contribution in [-0.4, -0.2) is 19.0 Å². The number of nitrogens with one attached hydrogen (secondary N) is 1. The number of carbonyl (C=O) groups is 1. The van der Waals surface area contributed by atoms with Crippen LogP contribution in [0.25, 0.3) is 0 Å². The van der Waals surface area contributed by atoms with Gasteiger partial charge in [-0.05, 0) is 44.7 Å². The number of rotatable bonds is 7. The van der Waals surface area contributed by atoms with Crippen LogP contribution in [-0.2, 0) is 4.79 Å². The van der Waals surface area contributed by atoms with E-state index in [4.69, 9.17) is 5.73 Å². The third kappa shape index (κ3) is 6.83. The Morgan fingerprint density at radius 1 is 1.12 bits per heavy atom. The van der Waals surface area contributed by atoms with Gasteiger partial charge in [0.25, 0.3) is 0 Å². The summed E-state index contributed by atoms with van der Waals surface area (Å²) in [4.78, 5) is 10.5. The molecule has 1 aliphatic carbocycles. The Morgan fingerprint density at radius 2 is 1.81 bits per heavy atom. The SMILES string of the molecule is NC(=O)CCCCNCC1CCCCCC1. The lowest BCUT2D eigenvalue weighted by atomic mass is 10.0.